The molecule has 1 saturated heterocycles. The molecule has 9 N–H and O–H groups in total. The first-order chi connectivity index (χ1) is 17.9. The molecule has 1 aliphatic heterocycles. The molecule has 1 heterocycles. The van der Waals surface area contributed by atoms with Gasteiger partial charge in [0.05, 0.1) is 19.1 Å². The molecule has 1 aliphatic rings. The van der Waals surface area contributed by atoms with Crippen LogP contribution >= 0.6 is 0 Å². The van der Waals surface area contributed by atoms with Crippen LogP contribution in [0, 0.1) is 5.92 Å². The molecule has 38 heavy (non-hydrogen) atoms. The van der Waals surface area contributed by atoms with Gasteiger partial charge in [-0.25, -0.2) is 4.79 Å². The molecular weight excluding hydrogens is 498 g/mol. The summed E-state index contributed by atoms with van der Waals surface area (Å²) in [5.74, 6) is -4.19. The van der Waals surface area contributed by atoms with E-state index in [4.69, 9.17) is 11.5 Å². The van der Waals surface area contributed by atoms with Crippen LogP contribution in [0.2, 0.25) is 0 Å². The minimum absolute atomic E-state index is 0.290. The minimum Gasteiger partial charge on any atom is -0.480 e. The molecule has 0 saturated carbocycles. The number of rotatable bonds is 16. The maximum Gasteiger partial charge on any atom is 0.326 e. The molecular formula is C24H43N7O7. The molecule has 0 spiro atoms. The van der Waals surface area contributed by atoms with Crippen molar-refractivity contribution in [3.05, 3.63) is 0 Å². The molecule has 0 unspecified atom stereocenters. The fraction of sp³-hybridized carbons (Fsp3) is 0.750. The third-order valence-electron chi connectivity index (χ3n) is 6.54. The number of carbonyl (C=O) groups excluding carboxylic acids is 5. The molecule has 0 radical (unpaired) electrons. The van der Waals surface area contributed by atoms with Crippen molar-refractivity contribution in [2.75, 3.05) is 26.2 Å². The molecule has 0 aromatic carbocycles. The molecule has 0 bridgehead atoms. The summed E-state index contributed by atoms with van der Waals surface area (Å²) >= 11 is 0. The lowest BCUT2D eigenvalue weighted by molar-refractivity contribution is -0.145. The summed E-state index contributed by atoms with van der Waals surface area (Å²) in [4.78, 5) is 74.8. The van der Waals surface area contributed by atoms with Crippen molar-refractivity contribution in [1.82, 2.24) is 26.2 Å². The van der Waals surface area contributed by atoms with Crippen LogP contribution in [-0.2, 0) is 28.8 Å². The van der Waals surface area contributed by atoms with Gasteiger partial charge in [-0.15, -0.1) is 0 Å². The van der Waals surface area contributed by atoms with E-state index >= 15 is 0 Å². The lowest BCUT2D eigenvalue weighted by Crippen LogP contribution is -2.56. The van der Waals surface area contributed by atoms with Gasteiger partial charge in [-0.1, -0.05) is 26.7 Å². The van der Waals surface area contributed by atoms with Gasteiger partial charge in [-0.05, 0) is 45.1 Å². The number of carboxylic acid groups (broad SMARTS) is 1. The summed E-state index contributed by atoms with van der Waals surface area (Å²) in [6.07, 6.45) is 3.37. The van der Waals surface area contributed by atoms with Gasteiger partial charge >= 0.3 is 5.97 Å². The first kappa shape index (κ1) is 32.8. The fourth-order valence-electron chi connectivity index (χ4n) is 4.02. The highest BCUT2D eigenvalue weighted by molar-refractivity contribution is 5.94. The number of nitrogens with one attached hydrogen (secondary N) is 4. The first-order valence-electron chi connectivity index (χ1n) is 13.1. The molecule has 5 amide bonds. The van der Waals surface area contributed by atoms with Crippen molar-refractivity contribution < 1.29 is 33.9 Å². The second-order valence-corrected chi connectivity index (χ2v) is 9.57. The Morgan fingerprint density at radius 2 is 1.66 bits per heavy atom. The Labute approximate surface area is 223 Å². The zero-order valence-corrected chi connectivity index (χ0v) is 22.5. The Kier molecular flexibility index (Phi) is 14.3. The number of nitrogens with two attached hydrogens (primary N) is 2. The van der Waals surface area contributed by atoms with E-state index in [2.05, 4.69) is 21.3 Å². The van der Waals surface area contributed by atoms with Gasteiger partial charge in [0.1, 0.15) is 18.1 Å². The van der Waals surface area contributed by atoms with Crippen molar-refractivity contribution in [3.8, 4) is 0 Å². The number of likely N-dealkylation sites (tertiary alicyclic amines) is 1. The van der Waals surface area contributed by atoms with Crippen molar-refractivity contribution >= 4 is 35.5 Å². The largest absolute Gasteiger partial charge is 0.480 e. The van der Waals surface area contributed by atoms with Crippen molar-refractivity contribution in [1.29, 1.82) is 0 Å². The van der Waals surface area contributed by atoms with Gasteiger partial charge in [-0.3, -0.25) is 24.0 Å². The van der Waals surface area contributed by atoms with E-state index in [-0.39, 0.29) is 12.5 Å². The maximum absolute atomic E-state index is 12.9. The highest BCUT2D eigenvalue weighted by Crippen LogP contribution is 2.19. The van der Waals surface area contributed by atoms with E-state index in [1.165, 1.54) is 11.8 Å². The Morgan fingerprint density at radius 1 is 1.00 bits per heavy atom. The van der Waals surface area contributed by atoms with Crippen LogP contribution in [0.1, 0.15) is 59.3 Å². The highest BCUT2D eigenvalue weighted by atomic mass is 16.4. The molecule has 0 aromatic rings. The molecule has 14 heteroatoms. The van der Waals surface area contributed by atoms with Gasteiger partial charge < -0.3 is 42.7 Å². The van der Waals surface area contributed by atoms with Crippen molar-refractivity contribution in [2.45, 2.75) is 83.5 Å². The third kappa shape index (κ3) is 10.6. The van der Waals surface area contributed by atoms with Crippen molar-refractivity contribution in [2.24, 2.45) is 17.4 Å². The Morgan fingerprint density at radius 3 is 2.26 bits per heavy atom. The highest BCUT2D eigenvalue weighted by Gasteiger charge is 2.38. The molecule has 0 aromatic heterocycles. The molecule has 1 fully saturated rings. The van der Waals surface area contributed by atoms with Gasteiger partial charge in [0, 0.05) is 6.54 Å². The van der Waals surface area contributed by atoms with Crippen molar-refractivity contribution in [3.63, 3.8) is 0 Å². The lowest BCUT2D eigenvalue weighted by atomic mass is 9.98. The van der Waals surface area contributed by atoms with Crippen LogP contribution in [0.3, 0.4) is 0 Å². The summed E-state index contributed by atoms with van der Waals surface area (Å²) in [5.41, 5.74) is 11.1. The summed E-state index contributed by atoms with van der Waals surface area (Å²) in [6.45, 7) is 5.02. The number of carboxylic acids is 1. The number of aliphatic carboxylic acids is 1. The minimum atomic E-state index is -1.14. The average molecular weight is 542 g/mol. The SMILES string of the molecule is CC[C@H](C)[C@H](NC(=O)[C@@H]1CCCN1C(=O)[C@H](C)NC(=O)CNC(=O)CNC(=O)[C@@H](N)CCCCN)C(=O)O. The van der Waals surface area contributed by atoms with E-state index < -0.39 is 66.2 Å². The van der Waals surface area contributed by atoms with E-state index in [1.54, 1.807) is 6.92 Å². The van der Waals surface area contributed by atoms with Crippen LogP contribution in [0.25, 0.3) is 0 Å². The normalized spacial score (nSPS) is 18.0. The number of nitrogens with zero attached hydrogens (tertiary/aromatic N) is 1. The first-order valence-corrected chi connectivity index (χ1v) is 13.1. The predicted octanol–water partition coefficient (Wildman–Crippen LogP) is -2.21. The Balaban J connectivity index is 2.51. The summed E-state index contributed by atoms with van der Waals surface area (Å²) < 4.78 is 0. The second-order valence-electron chi connectivity index (χ2n) is 9.57. The second kappa shape index (κ2) is 16.6. The maximum atomic E-state index is 12.9. The molecule has 1 rings (SSSR count). The van der Waals surface area contributed by atoms with E-state index in [0.29, 0.717) is 45.2 Å². The topological polar surface area (TPSA) is 226 Å². The van der Waals surface area contributed by atoms with E-state index in [9.17, 15) is 33.9 Å². The van der Waals surface area contributed by atoms with Crippen LogP contribution in [0.4, 0.5) is 0 Å². The summed E-state index contributed by atoms with van der Waals surface area (Å²) in [5, 5.41) is 19.2. The van der Waals surface area contributed by atoms with Gasteiger partial charge in [0.2, 0.25) is 29.5 Å². The number of carbonyl (C=O) groups is 6. The van der Waals surface area contributed by atoms with Crippen LogP contribution in [0.15, 0.2) is 0 Å². The monoisotopic (exact) mass is 541 g/mol. The third-order valence-corrected chi connectivity index (χ3v) is 6.54. The van der Waals surface area contributed by atoms with E-state index in [1.807, 2.05) is 6.92 Å². The number of hydrogen-bond donors (Lipinski definition) is 7. The molecule has 0 aliphatic carbocycles. The summed E-state index contributed by atoms with van der Waals surface area (Å²) in [6, 6.07) is -3.64. The number of amides is 5. The van der Waals surface area contributed by atoms with Crippen LogP contribution in [0.5, 0.6) is 0 Å². The Hall–Kier alpha value is -3.26. The van der Waals surface area contributed by atoms with Crippen LogP contribution in [-0.4, -0.2) is 95.9 Å². The zero-order chi connectivity index (χ0) is 28.8. The van der Waals surface area contributed by atoms with Gasteiger partial charge in [0.15, 0.2) is 0 Å². The van der Waals surface area contributed by atoms with Gasteiger partial charge in [-0.2, -0.15) is 0 Å². The van der Waals surface area contributed by atoms with Gasteiger partial charge in [0.25, 0.3) is 0 Å². The molecule has 216 valence electrons. The molecule has 5 atom stereocenters. The fourth-order valence-corrected chi connectivity index (χ4v) is 4.02. The lowest BCUT2D eigenvalue weighted by Gasteiger charge is -2.29. The zero-order valence-electron chi connectivity index (χ0n) is 22.5. The molecule has 14 nitrogen and oxygen atoms in total. The quantitative estimate of drug-likeness (QED) is 0.105. The van der Waals surface area contributed by atoms with Crippen LogP contribution < -0.4 is 32.7 Å². The predicted molar refractivity (Wildman–Crippen MR) is 138 cm³/mol. The van der Waals surface area contributed by atoms with E-state index in [0.717, 1.165) is 6.42 Å². The number of unbranched alkanes of at least 4 members (excludes halogenated alkanes) is 1. The standard InChI is InChI=1S/C24H43N7O7/c1-4-14(2)20(24(37)38)30-22(35)17-9-7-11-31(17)23(36)15(3)29-19(33)13-27-18(32)12-28-21(34)16(26)8-5-6-10-25/h14-17,20H,4-13,25-26H2,1-3H3,(H,27,32)(H,28,34)(H,29,33)(H,30,35)(H,37,38)/t14-,15-,16-,17-,20-/m0/s1. The smallest absolute Gasteiger partial charge is 0.326 e. The summed E-state index contributed by atoms with van der Waals surface area (Å²) in [7, 11) is 0. The average Bonchev–Trinajstić information content (AvgIpc) is 3.38. The number of hydrogen-bond acceptors (Lipinski definition) is 8. The Bertz CT molecular complexity index is 854.